The Morgan fingerprint density at radius 3 is 2.60 bits per heavy atom. The van der Waals surface area contributed by atoms with Crippen molar-refractivity contribution in [2.24, 2.45) is 5.73 Å². The smallest absolute Gasteiger partial charge is 0.279 e. The van der Waals surface area contributed by atoms with Gasteiger partial charge in [0.25, 0.3) is 5.92 Å². The van der Waals surface area contributed by atoms with Crippen LogP contribution in [0, 0.1) is 0 Å². The summed E-state index contributed by atoms with van der Waals surface area (Å²) in [6.07, 6.45) is 3.07. The fraction of sp³-hybridized carbons (Fsp3) is 0.571. The molecular weight excluding hydrogens is 228 g/mol. The minimum Gasteiger partial charge on any atom is -0.325 e. The molecule has 8 heteroatoms. The van der Waals surface area contributed by atoms with Crippen molar-refractivity contribution >= 4 is 9.84 Å². The van der Waals surface area contributed by atoms with Gasteiger partial charge in [-0.3, -0.25) is 4.68 Å². The molecule has 0 aromatic carbocycles. The highest BCUT2D eigenvalue weighted by Crippen LogP contribution is 2.15. The molecule has 2 N–H and O–H groups in total. The van der Waals surface area contributed by atoms with Gasteiger partial charge >= 0.3 is 0 Å². The van der Waals surface area contributed by atoms with Crippen molar-refractivity contribution in [1.29, 1.82) is 0 Å². The zero-order valence-electron chi connectivity index (χ0n) is 8.02. The third kappa shape index (κ3) is 3.24. The molecule has 0 saturated carbocycles. The van der Waals surface area contributed by atoms with Gasteiger partial charge in [0, 0.05) is 12.5 Å². The van der Waals surface area contributed by atoms with Gasteiger partial charge < -0.3 is 5.73 Å². The predicted octanol–water partition coefficient (Wildman–Crippen LogP) is -0.119. The Balaban J connectivity index is 2.87. The van der Waals surface area contributed by atoms with Gasteiger partial charge in [0.2, 0.25) is 0 Å². The summed E-state index contributed by atoms with van der Waals surface area (Å²) in [6.45, 7) is -1.53. The minimum atomic E-state index is -3.40. The number of aromatic nitrogens is 2. The first-order valence-corrected chi connectivity index (χ1v) is 5.94. The van der Waals surface area contributed by atoms with Gasteiger partial charge in [-0.2, -0.15) is 5.10 Å². The quantitative estimate of drug-likeness (QED) is 0.794. The van der Waals surface area contributed by atoms with Crippen LogP contribution >= 0.6 is 0 Å². The maximum atomic E-state index is 12.8. The second-order valence-corrected chi connectivity index (χ2v) is 5.22. The molecule has 0 spiro atoms. The first-order valence-electron chi connectivity index (χ1n) is 4.05. The molecule has 0 aliphatic heterocycles. The number of alkyl halides is 2. The van der Waals surface area contributed by atoms with Gasteiger partial charge in [-0.05, 0) is 0 Å². The average Bonchev–Trinajstić information content (AvgIpc) is 2.51. The van der Waals surface area contributed by atoms with Gasteiger partial charge in [-0.15, -0.1) is 0 Å². The van der Waals surface area contributed by atoms with Gasteiger partial charge in [0.05, 0.1) is 12.7 Å². The van der Waals surface area contributed by atoms with Crippen LogP contribution in [0.5, 0.6) is 0 Å². The first-order chi connectivity index (χ1) is 6.74. The highest BCUT2D eigenvalue weighted by Gasteiger charge is 2.28. The van der Waals surface area contributed by atoms with E-state index in [0.717, 1.165) is 23.3 Å². The van der Waals surface area contributed by atoms with Crippen LogP contribution in [0.2, 0.25) is 0 Å². The van der Waals surface area contributed by atoms with Crippen LogP contribution < -0.4 is 5.73 Å². The number of hydrogen-bond acceptors (Lipinski definition) is 4. The molecule has 0 radical (unpaired) electrons. The van der Waals surface area contributed by atoms with Crippen LogP contribution in [-0.4, -0.2) is 36.9 Å². The molecule has 5 nitrogen and oxygen atoms in total. The zero-order valence-corrected chi connectivity index (χ0v) is 8.84. The van der Waals surface area contributed by atoms with Crippen LogP contribution in [0.4, 0.5) is 8.78 Å². The Bertz CT molecular complexity index is 441. The molecule has 86 valence electrons. The molecule has 0 unspecified atom stereocenters. The van der Waals surface area contributed by atoms with Crippen LogP contribution in [0.15, 0.2) is 17.3 Å². The molecule has 0 aliphatic rings. The molecule has 1 heterocycles. The second kappa shape index (κ2) is 3.86. The van der Waals surface area contributed by atoms with E-state index in [9.17, 15) is 17.2 Å². The van der Waals surface area contributed by atoms with Crippen molar-refractivity contribution < 1.29 is 17.2 Å². The molecule has 0 saturated heterocycles. The molecule has 0 fully saturated rings. The molecule has 0 atom stereocenters. The molecule has 1 aromatic rings. The maximum absolute atomic E-state index is 12.8. The van der Waals surface area contributed by atoms with Crippen LogP contribution in [0.25, 0.3) is 0 Å². The monoisotopic (exact) mass is 239 g/mol. The molecule has 0 amide bonds. The van der Waals surface area contributed by atoms with E-state index in [1.807, 2.05) is 0 Å². The van der Waals surface area contributed by atoms with E-state index in [1.54, 1.807) is 0 Å². The number of halogens is 2. The standard InChI is InChI=1S/C7H11F2N3O2S/c1-15(13,14)6-2-11-12(3-6)5-7(8,9)4-10/h2-3H,4-5,10H2,1H3. The van der Waals surface area contributed by atoms with E-state index in [0.29, 0.717) is 0 Å². The Morgan fingerprint density at radius 1 is 1.60 bits per heavy atom. The van der Waals surface area contributed by atoms with Crippen LogP contribution in [-0.2, 0) is 16.4 Å². The lowest BCUT2D eigenvalue weighted by Crippen LogP contribution is -2.32. The molecule has 1 aromatic heterocycles. The summed E-state index contributed by atoms with van der Waals surface area (Å²) in [6, 6.07) is 0. The Hall–Kier alpha value is -1.02. The van der Waals surface area contributed by atoms with Gasteiger partial charge in [-0.1, -0.05) is 0 Å². The lowest BCUT2D eigenvalue weighted by molar-refractivity contribution is -0.00985. The topological polar surface area (TPSA) is 78.0 Å². The number of nitrogens with zero attached hydrogens (tertiary/aromatic N) is 2. The fourth-order valence-corrected chi connectivity index (χ4v) is 1.48. The molecule has 15 heavy (non-hydrogen) atoms. The summed E-state index contributed by atoms with van der Waals surface area (Å²) in [5.74, 6) is -3.08. The van der Waals surface area contributed by atoms with Crippen molar-refractivity contribution in [3.63, 3.8) is 0 Å². The van der Waals surface area contributed by atoms with E-state index in [1.165, 1.54) is 0 Å². The Kier molecular flexibility index (Phi) is 3.10. The minimum absolute atomic E-state index is 0.0877. The van der Waals surface area contributed by atoms with Gasteiger partial charge in [0.15, 0.2) is 9.84 Å². The first kappa shape index (κ1) is 12.1. The van der Waals surface area contributed by atoms with Crippen LogP contribution in [0.3, 0.4) is 0 Å². The summed E-state index contributed by atoms with van der Waals surface area (Å²) in [4.78, 5) is -0.0877. The normalized spacial score (nSPS) is 13.1. The largest absolute Gasteiger partial charge is 0.325 e. The summed E-state index contributed by atoms with van der Waals surface area (Å²) >= 11 is 0. The molecule has 0 aliphatic carbocycles. The molecule has 0 bridgehead atoms. The number of nitrogens with two attached hydrogens (primary N) is 1. The lowest BCUT2D eigenvalue weighted by atomic mass is 10.3. The maximum Gasteiger partial charge on any atom is 0.279 e. The van der Waals surface area contributed by atoms with Crippen LogP contribution in [0.1, 0.15) is 0 Å². The zero-order chi connectivity index (χ0) is 11.7. The van der Waals surface area contributed by atoms with Crippen molar-refractivity contribution in [2.45, 2.75) is 17.4 Å². The summed E-state index contributed by atoms with van der Waals surface area (Å²) < 4.78 is 48.5. The number of hydrogen-bond donors (Lipinski definition) is 1. The number of rotatable bonds is 4. The highest BCUT2D eigenvalue weighted by atomic mass is 32.2. The van der Waals surface area contributed by atoms with E-state index in [4.69, 9.17) is 5.73 Å². The van der Waals surface area contributed by atoms with E-state index >= 15 is 0 Å². The van der Waals surface area contributed by atoms with Gasteiger partial charge in [0.1, 0.15) is 11.4 Å². The highest BCUT2D eigenvalue weighted by molar-refractivity contribution is 7.90. The van der Waals surface area contributed by atoms with Crippen molar-refractivity contribution in [3.05, 3.63) is 12.4 Å². The summed E-state index contributed by atoms with van der Waals surface area (Å²) in [5.41, 5.74) is 4.84. The third-order valence-electron chi connectivity index (χ3n) is 1.73. The van der Waals surface area contributed by atoms with Crippen molar-refractivity contribution in [3.8, 4) is 0 Å². The van der Waals surface area contributed by atoms with E-state index < -0.39 is 28.8 Å². The molecular formula is C7H11F2N3O2S. The Labute approximate surface area is 85.8 Å². The average molecular weight is 239 g/mol. The SMILES string of the molecule is CS(=O)(=O)c1cnn(CC(F)(F)CN)c1. The van der Waals surface area contributed by atoms with Gasteiger partial charge in [-0.25, -0.2) is 17.2 Å². The lowest BCUT2D eigenvalue weighted by Gasteiger charge is -2.12. The second-order valence-electron chi connectivity index (χ2n) is 3.21. The van der Waals surface area contributed by atoms with E-state index in [-0.39, 0.29) is 4.90 Å². The molecule has 1 rings (SSSR count). The van der Waals surface area contributed by atoms with Crippen molar-refractivity contribution in [1.82, 2.24) is 9.78 Å². The predicted molar refractivity (Wildman–Crippen MR) is 49.3 cm³/mol. The summed E-state index contributed by atoms with van der Waals surface area (Å²) in [5, 5.41) is 3.52. The van der Waals surface area contributed by atoms with Crippen molar-refractivity contribution in [2.75, 3.05) is 12.8 Å². The third-order valence-corrected chi connectivity index (χ3v) is 2.80. The number of sulfone groups is 1. The fourth-order valence-electron chi connectivity index (χ4n) is 0.924. The summed E-state index contributed by atoms with van der Waals surface area (Å²) in [7, 11) is -3.40. The Morgan fingerprint density at radius 2 is 2.20 bits per heavy atom. The van der Waals surface area contributed by atoms with E-state index in [2.05, 4.69) is 5.10 Å².